The highest BCUT2D eigenvalue weighted by atomic mass is 16.3. The monoisotopic (exact) mass is 1710 g/mol. The molecule has 14 aromatic heterocycles. The summed E-state index contributed by atoms with van der Waals surface area (Å²) in [5.74, 6) is 4.77. The number of fused-ring (bicyclic) bond motifs is 42. The largest absolute Gasteiger partial charge is 0.456 e. The van der Waals surface area contributed by atoms with Crippen LogP contribution in [0.3, 0.4) is 0 Å². The van der Waals surface area contributed by atoms with Gasteiger partial charge in [0.2, 0.25) is 34.7 Å². The van der Waals surface area contributed by atoms with E-state index in [0.717, 1.165) is 320 Å². The van der Waals surface area contributed by atoms with Crippen LogP contribution < -0.4 is 0 Å². The number of hydrogen-bond donors (Lipinski definition) is 0. The number of furan rings is 2. The molecule has 20 aromatic carbocycles. The van der Waals surface area contributed by atoms with Gasteiger partial charge in [0.25, 0.3) is 0 Å². The van der Waals surface area contributed by atoms with E-state index in [4.69, 9.17) is 38.7 Å². The maximum Gasteiger partial charge on any atom is 0.223 e. The number of nitrogens with zero attached hydrogens (tertiary/aromatic N) is 16. The van der Waals surface area contributed by atoms with Crippen LogP contribution in [0.25, 0.3) is 315 Å². The number of aromatic nitrogens is 15. The number of imidazole rings is 12. The van der Waals surface area contributed by atoms with E-state index in [9.17, 15) is 5.26 Å². The van der Waals surface area contributed by atoms with E-state index in [0.29, 0.717) is 5.56 Å². The Balaban J connectivity index is 0.523. The number of hydrogen-bond acceptors (Lipinski definition) is 9. The Hall–Kier alpha value is -18.7. The van der Waals surface area contributed by atoms with E-state index >= 15 is 0 Å². The zero-order valence-corrected chi connectivity index (χ0v) is 70.7. The van der Waals surface area contributed by atoms with Gasteiger partial charge in [0.15, 0.2) is 0 Å². The number of para-hydroxylation sites is 3. The van der Waals surface area contributed by atoms with Gasteiger partial charge in [-0.2, -0.15) is 5.26 Å². The predicted molar refractivity (Wildman–Crippen MR) is 539 cm³/mol. The van der Waals surface area contributed by atoms with Gasteiger partial charge in [0.1, 0.15) is 38.9 Å². The van der Waals surface area contributed by atoms with Gasteiger partial charge in [0, 0.05) is 27.1 Å². The molecular formula is C116H58N16O2. The Morgan fingerprint density at radius 3 is 0.933 bits per heavy atom. The summed E-state index contributed by atoms with van der Waals surface area (Å²) < 4.78 is 34.0. The molecular weight excluding hydrogens is 1650 g/mol. The first kappa shape index (κ1) is 68.5. The molecule has 0 amide bonds. The molecule has 0 bridgehead atoms. The summed E-state index contributed by atoms with van der Waals surface area (Å²) in [4.78, 5) is 33.2. The third-order valence-corrected chi connectivity index (χ3v) is 29.7. The Morgan fingerprint density at radius 1 is 0.216 bits per heavy atom. The summed E-state index contributed by atoms with van der Waals surface area (Å²) in [6, 6.07) is 123. The highest BCUT2D eigenvalue weighted by Gasteiger charge is 2.32. The molecule has 14 heterocycles. The van der Waals surface area contributed by atoms with Crippen LogP contribution >= 0.6 is 0 Å². The minimum Gasteiger partial charge on any atom is -0.456 e. The van der Waals surface area contributed by atoms with Crippen molar-refractivity contribution in [2.24, 2.45) is 0 Å². The lowest BCUT2D eigenvalue weighted by molar-refractivity contribution is 0.669. The van der Waals surface area contributed by atoms with Crippen molar-refractivity contribution < 1.29 is 8.83 Å². The van der Waals surface area contributed by atoms with E-state index in [1.165, 1.54) is 0 Å². The van der Waals surface area contributed by atoms with Gasteiger partial charge in [-0.1, -0.05) is 164 Å². The van der Waals surface area contributed by atoms with Crippen molar-refractivity contribution in [3.63, 3.8) is 0 Å². The molecule has 0 aliphatic rings. The first-order chi connectivity index (χ1) is 66.1. The summed E-state index contributed by atoms with van der Waals surface area (Å²) in [5, 5.41) is 27.9. The Morgan fingerprint density at radius 2 is 0.530 bits per heavy atom. The third-order valence-electron chi connectivity index (χ3n) is 29.7. The molecule has 0 radical (unpaired) electrons. The smallest absolute Gasteiger partial charge is 0.223 e. The second kappa shape index (κ2) is 23.6. The molecule has 0 fully saturated rings. The summed E-state index contributed by atoms with van der Waals surface area (Å²) in [6.07, 6.45) is 0. The van der Waals surface area contributed by atoms with Crippen molar-refractivity contribution >= 4 is 259 Å². The molecule has 0 atom stereocenters. The number of aryl methyl sites for hydroxylation is 1. The van der Waals surface area contributed by atoms with Crippen LogP contribution in [-0.4, -0.2) is 69.5 Å². The van der Waals surface area contributed by atoms with Gasteiger partial charge in [0.05, 0.1) is 111 Å². The summed E-state index contributed by atoms with van der Waals surface area (Å²) >= 11 is 0. The van der Waals surface area contributed by atoms with Crippen molar-refractivity contribution in [3.8, 4) is 61.7 Å². The molecule has 0 spiro atoms. The Kier molecular flexibility index (Phi) is 12.1. The minimum absolute atomic E-state index is 0.614. The van der Waals surface area contributed by atoms with Gasteiger partial charge < -0.3 is 8.83 Å². The lowest BCUT2D eigenvalue weighted by atomic mass is 9.97. The summed E-state index contributed by atoms with van der Waals surface area (Å²) in [7, 11) is 0. The molecule has 0 aliphatic heterocycles. The van der Waals surface area contributed by atoms with Crippen molar-refractivity contribution in [2.45, 2.75) is 6.92 Å². The van der Waals surface area contributed by atoms with Gasteiger partial charge in [-0.25, -0.2) is 43.1 Å². The summed E-state index contributed by atoms with van der Waals surface area (Å²) in [5.41, 5.74) is 36.5. The molecule has 34 aromatic rings. The molecule has 18 heteroatoms. The van der Waals surface area contributed by atoms with E-state index < -0.39 is 0 Å². The van der Waals surface area contributed by atoms with Crippen molar-refractivity contribution in [1.29, 1.82) is 5.26 Å². The molecule has 0 saturated carbocycles. The van der Waals surface area contributed by atoms with Crippen LogP contribution in [0.2, 0.25) is 0 Å². The van der Waals surface area contributed by atoms with Crippen LogP contribution in [0.4, 0.5) is 0 Å². The van der Waals surface area contributed by atoms with Gasteiger partial charge in [-0.05, 0) is 297 Å². The molecule has 18 nitrogen and oxygen atoms in total. The second-order valence-corrected chi connectivity index (χ2v) is 36.8. The SMILES string of the molecule is Cc1ccc(C#N)cc1-c1cc2c3c(c1)n1c4cc5cc(-c6ccc7cc8nc9n(c8cc7c6)c6cc(-c7cccc8c7oc7ccccc78)cc7c6n9c6nc8cc9ccc(-c%10ccc%11cc%12nc%13n(c%12cc%11c%10)c%10cc(-c%11ccc%12oc%14ccccc%14c%12c%11)cc%11c%10n%13c%10nc%12cc%13ccccc%13cc%12n%11%10)cc9cc8n76)ccc5cc4nc1n3c1nc3cc4ccccc4cc3n21. The summed E-state index contributed by atoms with van der Waals surface area (Å²) in [6.45, 7) is 2.12. The maximum atomic E-state index is 10.2. The maximum absolute atomic E-state index is 10.2. The van der Waals surface area contributed by atoms with Gasteiger partial charge in [-0.3, -0.25) is 26.4 Å². The second-order valence-electron chi connectivity index (χ2n) is 36.8. The fourth-order valence-electron chi connectivity index (χ4n) is 23.5. The van der Waals surface area contributed by atoms with E-state index in [2.05, 4.69) is 350 Å². The standard InChI is InChI=1S/C116H58N16O2/c1-58-21-22-59(57-117)33-84(58)79-55-102-109-103(56-79)129-97-50-76-37-67(26-30-72(76)44-91(97)123-116(129)132(109)112-119-87-40-61-12-3-5-14-63(61)46-93(87)125(102)112)66-25-29-71-43-90-96(49-75(71)36-66)128-101-54-78(80-17-10-18-83-81-15-6-9-20-105(81)134-110(80)83)53-100-108(101)131(115(128)122-90)114-121-89-42-70-28-24-65(35-74(70)48-95(89)127(100)114)64-23-27-69-41-88-94(47-73(69)34-64)126-99-52-77(68-31-32-106-85(38-68)82-16-7-8-19-104(82)133-106)51-98-107(99)130(113(126)120-88)111-118-86-39-60-11-2-4-13-62(60)45-92(86)124(98)111/h2-56H,1H3. The van der Waals surface area contributed by atoms with Gasteiger partial charge in [-0.15, -0.1) is 0 Å². The van der Waals surface area contributed by atoms with E-state index in [1.807, 2.05) is 36.4 Å². The zero-order valence-electron chi connectivity index (χ0n) is 70.7. The molecule has 134 heavy (non-hydrogen) atoms. The average Bonchev–Trinajstić information content (AvgIpc) is 1.52. The molecule has 34 rings (SSSR count). The van der Waals surface area contributed by atoms with Crippen LogP contribution in [0.1, 0.15) is 11.1 Å². The first-order valence-electron chi connectivity index (χ1n) is 45.1. The minimum atomic E-state index is 0.614. The lowest BCUT2D eigenvalue weighted by Crippen LogP contribution is -1.90. The highest BCUT2D eigenvalue weighted by Crippen LogP contribution is 2.48. The fourth-order valence-corrected chi connectivity index (χ4v) is 23.5. The van der Waals surface area contributed by atoms with Gasteiger partial charge >= 0.3 is 0 Å². The number of benzene rings is 20. The zero-order chi connectivity index (χ0) is 86.5. The van der Waals surface area contributed by atoms with Crippen LogP contribution in [0, 0.1) is 18.3 Å². The lowest BCUT2D eigenvalue weighted by Gasteiger charge is -2.09. The molecule has 0 N–H and O–H groups in total. The molecule has 614 valence electrons. The molecule has 0 aliphatic carbocycles. The number of nitriles is 1. The molecule has 0 unspecified atom stereocenters. The van der Waals surface area contributed by atoms with Crippen molar-refractivity contribution in [3.05, 3.63) is 345 Å². The molecule has 0 saturated heterocycles. The highest BCUT2D eigenvalue weighted by molar-refractivity contribution is 6.18. The Labute approximate surface area is 751 Å². The topological polar surface area (TPSA) is 167 Å². The van der Waals surface area contributed by atoms with Crippen LogP contribution in [-0.2, 0) is 0 Å². The predicted octanol–water partition coefficient (Wildman–Crippen LogP) is 28.3. The van der Waals surface area contributed by atoms with Crippen LogP contribution in [0.5, 0.6) is 0 Å². The average molecular weight is 1710 g/mol. The quantitative estimate of drug-likeness (QED) is 0.163. The van der Waals surface area contributed by atoms with E-state index in [1.54, 1.807) is 0 Å². The Bertz CT molecular complexity index is 11600. The normalized spacial score (nSPS) is 13.0. The third kappa shape index (κ3) is 8.61. The first-order valence-corrected chi connectivity index (χ1v) is 45.1. The van der Waals surface area contributed by atoms with Crippen LogP contribution in [0.15, 0.2) is 342 Å². The fraction of sp³-hybridized carbons (Fsp3) is 0.00862. The van der Waals surface area contributed by atoms with Crippen molar-refractivity contribution in [2.75, 3.05) is 0 Å². The number of rotatable bonds is 5. The van der Waals surface area contributed by atoms with E-state index in [-0.39, 0.29) is 0 Å². The van der Waals surface area contributed by atoms with Crippen molar-refractivity contribution in [1.82, 2.24) is 69.5 Å².